The van der Waals surface area contributed by atoms with Crippen LogP contribution in [0.15, 0.2) is 24.3 Å². The van der Waals surface area contributed by atoms with Crippen molar-refractivity contribution in [1.29, 1.82) is 0 Å². The molecular formula is C15H24N2. The van der Waals surface area contributed by atoms with Gasteiger partial charge in [0.15, 0.2) is 0 Å². The lowest BCUT2D eigenvalue weighted by Gasteiger charge is -2.33. The first-order valence-corrected chi connectivity index (χ1v) is 6.66. The third-order valence-electron chi connectivity index (χ3n) is 3.87. The minimum atomic E-state index is 0.429. The van der Waals surface area contributed by atoms with Crippen molar-refractivity contribution in [1.82, 2.24) is 5.32 Å². The molecule has 0 aliphatic carbocycles. The maximum absolute atomic E-state index is 3.48. The molecule has 1 aromatic rings. The average Bonchev–Trinajstić information content (AvgIpc) is 2.74. The fourth-order valence-electron chi connectivity index (χ4n) is 2.75. The molecule has 0 spiro atoms. The van der Waals surface area contributed by atoms with E-state index < -0.39 is 0 Å². The Hall–Kier alpha value is -1.02. The van der Waals surface area contributed by atoms with Gasteiger partial charge in [-0.05, 0) is 43.9 Å². The summed E-state index contributed by atoms with van der Waals surface area (Å²) in [6, 6.07) is 8.70. The Bertz CT molecular complexity index is 367. The van der Waals surface area contributed by atoms with Gasteiger partial charge in [0.05, 0.1) is 0 Å². The Morgan fingerprint density at radius 1 is 1.35 bits per heavy atom. The summed E-state index contributed by atoms with van der Waals surface area (Å²) in [7, 11) is 0. The molecule has 1 unspecified atom stereocenters. The second kappa shape index (κ2) is 5.09. The molecule has 94 valence electrons. The van der Waals surface area contributed by atoms with Crippen LogP contribution in [0.3, 0.4) is 0 Å². The van der Waals surface area contributed by atoms with Crippen LogP contribution >= 0.6 is 0 Å². The summed E-state index contributed by atoms with van der Waals surface area (Å²) in [4.78, 5) is 2.52. The van der Waals surface area contributed by atoms with Crippen molar-refractivity contribution in [2.45, 2.75) is 27.2 Å². The van der Waals surface area contributed by atoms with Crippen LogP contribution < -0.4 is 10.2 Å². The SMILES string of the molecule is CCN(CC1(C)CCNC1)c1ccccc1C. The lowest BCUT2D eigenvalue weighted by molar-refractivity contribution is 0.366. The topological polar surface area (TPSA) is 15.3 Å². The Morgan fingerprint density at radius 3 is 2.71 bits per heavy atom. The summed E-state index contributed by atoms with van der Waals surface area (Å²) in [5, 5.41) is 3.48. The highest BCUT2D eigenvalue weighted by Gasteiger charge is 2.30. The molecule has 1 aromatic carbocycles. The fourth-order valence-corrected chi connectivity index (χ4v) is 2.75. The Balaban J connectivity index is 2.14. The molecule has 0 saturated carbocycles. The van der Waals surface area contributed by atoms with E-state index in [0.717, 1.165) is 19.6 Å². The van der Waals surface area contributed by atoms with Gasteiger partial charge in [0.25, 0.3) is 0 Å². The Kier molecular flexibility index (Phi) is 3.72. The van der Waals surface area contributed by atoms with E-state index in [9.17, 15) is 0 Å². The van der Waals surface area contributed by atoms with Crippen molar-refractivity contribution in [2.75, 3.05) is 31.1 Å². The third-order valence-corrected chi connectivity index (χ3v) is 3.87. The van der Waals surface area contributed by atoms with E-state index in [2.05, 4.69) is 55.3 Å². The van der Waals surface area contributed by atoms with Crippen LogP contribution in [-0.2, 0) is 0 Å². The molecule has 1 N–H and O–H groups in total. The molecule has 2 heteroatoms. The molecule has 1 heterocycles. The molecule has 1 fully saturated rings. The first-order chi connectivity index (χ1) is 8.14. The number of para-hydroxylation sites is 1. The minimum Gasteiger partial charge on any atom is -0.371 e. The molecule has 17 heavy (non-hydrogen) atoms. The van der Waals surface area contributed by atoms with Crippen molar-refractivity contribution in [3.05, 3.63) is 29.8 Å². The van der Waals surface area contributed by atoms with Crippen molar-refractivity contribution in [2.24, 2.45) is 5.41 Å². The Labute approximate surface area is 105 Å². The monoisotopic (exact) mass is 232 g/mol. The molecule has 2 nitrogen and oxygen atoms in total. The first-order valence-electron chi connectivity index (χ1n) is 6.66. The molecule has 1 saturated heterocycles. The molecule has 1 atom stereocenters. The predicted molar refractivity (Wildman–Crippen MR) is 74.7 cm³/mol. The molecule has 0 amide bonds. The molecule has 1 aliphatic rings. The van der Waals surface area contributed by atoms with E-state index in [1.165, 1.54) is 24.2 Å². The van der Waals surface area contributed by atoms with Crippen LogP contribution in [0.2, 0.25) is 0 Å². The Morgan fingerprint density at radius 2 is 2.12 bits per heavy atom. The zero-order valence-corrected chi connectivity index (χ0v) is 11.3. The normalized spacial score (nSPS) is 23.9. The van der Waals surface area contributed by atoms with Gasteiger partial charge in [-0.2, -0.15) is 0 Å². The zero-order valence-electron chi connectivity index (χ0n) is 11.3. The fraction of sp³-hybridized carbons (Fsp3) is 0.600. The second-order valence-corrected chi connectivity index (χ2v) is 5.54. The van der Waals surface area contributed by atoms with E-state index in [1.807, 2.05) is 0 Å². The van der Waals surface area contributed by atoms with Gasteiger partial charge in [0, 0.05) is 25.3 Å². The quantitative estimate of drug-likeness (QED) is 0.858. The molecular weight excluding hydrogens is 208 g/mol. The van der Waals surface area contributed by atoms with Gasteiger partial charge in [-0.1, -0.05) is 25.1 Å². The lowest BCUT2D eigenvalue weighted by atomic mass is 9.89. The van der Waals surface area contributed by atoms with Crippen LogP contribution in [-0.4, -0.2) is 26.2 Å². The number of nitrogens with one attached hydrogen (secondary N) is 1. The largest absolute Gasteiger partial charge is 0.371 e. The number of anilines is 1. The number of hydrogen-bond acceptors (Lipinski definition) is 2. The lowest BCUT2D eigenvalue weighted by Crippen LogP contribution is -2.37. The van der Waals surface area contributed by atoms with Crippen LogP contribution in [0.4, 0.5) is 5.69 Å². The van der Waals surface area contributed by atoms with E-state index in [4.69, 9.17) is 0 Å². The van der Waals surface area contributed by atoms with Gasteiger partial charge < -0.3 is 10.2 Å². The number of rotatable bonds is 4. The summed E-state index contributed by atoms with van der Waals surface area (Å²) >= 11 is 0. The van der Waals surface area contributed by atoms with E-state index in [-0.39, 0.29) is 0 Å². The molecule has 0 radical (unpaired) electrons. The molecule has 2 rings (SSSR count). The summed E-state index contributed by atoms with van der Waals surface area (Å²) in [5.74, 6) is 0. The van der Waals surface area contributed by atoms with Crippen molar-refractivity contribution < 1.29 is 0 Å². The number of hydrogen-bond donors (Lipinski definition) is 1. The average molecular weight is 232 g/mol. The van der Waals surface area contributed by atoms with Gasteiger partial charge in [0.1, 0.15) is 0 Å². The van der Waals surface area contributed by atoms with Crippen LogP contribution in [0.25, 0.3) is 0 Å². The molecule has 0 aromatic heterocycles. The van der Waals surface area contributed by atoms with Crippen LogP contribution in [0.1, 0.15) is 25.8 Å². The molecule has 0 bridgehead atoms. The van der Waals surface area contributed by atoms with Gasteiger partial charge in [0.2, 0.25) is 0 Å². The van der Waals surface area contributed by atoms with Crippen molar-refractivity contribution >= 4 is 5.69 Å². The second-order valence-electron chi connectivity index (χ2n) is 5.54. The molecule has 1 aliphatic heterocycles. The van der Waals surface area contributed by atoms with E-state index >= 15 is 0 Å². The number of nitrogens with zero attached hydrogens (tertiary/aromatic N) is 1. The summed E-state index contributed by atoms with van der Waals surface area (Å²) < 4.78 is 0. The highest BCUT2D eigenvalue weighted by atomic mass is 15.1. The highest BCUT2D eigenvalue weighted by molar-refractivity contribution is 5.53. The van der Waals surface area contributed by atoms with Crippen molar-refractivity contribution in [3.8, 4) is 0 Å². The van der Waals surface area contributed by atoms with Gasteiger partial charge in [-0.15, -0.1) is 0 Å². The zero-order chi connectivity index (χ0) is 12.3. The smallest absolute Gasteiger partial charge is 0.0396 e. The van der Waals surface area contributed by atoms with Gasteiger partial charge >= 0.3 is 0 Å². The van der Waals surface area contributed by atoms with Crippen molar-refractivity contribution in [3.63, 3.8) is 0 Å². The summed E-state index contributed by atoms with van der Waals surface area (Å²) in [6.45, 7) is 11.4. The predicted octanol–water partition coefficient (Wildman–Crippen LogP) is 2.82. The minimum absolute atomic E-state index is 0.429. The summed E-state index contributed by atoms with van der Waals surface area (Å²) in [6.07, 6.45) is 1.29. The first kappa shape index (κ1) is 12.4. The standard InChI is InChI=1S/C15H24N2/c1-4-17(12-15(3)9-10-16-11-15)14-8-6-5-7-13(14)2/h5-8,16H,4,9-12H2,1-3H3. The van der Waals surface area contributed by atoms with E-state index in [1.54, 1.807) is 0 Å². The third kappa shape index (κ3) is 2.81. The van der Waals surface area contributed by atoms with Gasteiger partial charge in [-0.3, -0.25) is 0 Å². The van der Waals surface area contributed by atoms with Gasteiger partial charge in [-0.25, -0.2) is 0 Å². The summed E-state index contributed by atoms with van der Waals surface area (Å²) in [5.41, 5.74) is 3.20. The van der Waals surface area contributed by atoms with Crippen LogP contribution in [0.5, 0.6) is 0 Å². The number of aryl methyl sites for hydroxylation is 1. The number of benzene rings is 1. The van der Waals surface area contributed by atoms with E-state index in [0.29, 0.717) is 5.41 Å². The maximum atomic E-state index is 3.48. The highest BCUT2D eigenvalue weighted by Crippen LogP contribution is 2.29. The maximum Gasteiger partial charge on any atom is 0.0396 e. The van der Waals surface area contributed by atoms with Crippen LogP contribution in [0, 0.1) is 12.3 Å².